The molecule has 0 radical (unpaired) electrons. The molecule has 0 unspecified atom stereocenters. The Hall–Kier alpha value is -3.94. The van der Waals surface area contributed by atoms with Crippen molar-refractivity contribution < 1.29 is 31.5 Å². The molecule has 0 atom stereocenters. The normalized spacial score (nSPS) is 20.7. The highest BCUT2D eigenvalue weighted by molar-refractivity contribution is 7.92. The Morgan fingerprint density at radius 2 is 1.57 bits per heavy atom. The number of halogens is 2. The molecule has 14 heteroatoms. The second-order valence-corrected chi connectivity index (χ2v) is 17.4. The number of likely N-dealkylation sites (tertiary alicyclic amines) is 1. The van der Waals surface area contributed by atoms with E-state index >= 15 is 0 Å². The molecule has 1 spiro atoms. The van der Waals surface area contributed by atoms with Gasteiger partial charge in [-0.15, -0.1) is 0 Å². The van der Waals surface area contributed by atoms with E-state index in [1.807, 2.05) is 17.0 Å². The number of sulfone groups is 1. The van der Waals surface area contributed by atoms with Crippen molar-refractivity contribution in [1.82, 2.24) is 14.7 Å². The minimum atomic E-state index is -3.80. The number of nitrogens with one attached hydrogen (secondary N) is 1. The molecule has 264 valence electrons. The van der Waals surface area contributed by atoms with Crippen LogP contribution in [0.5, 0.6) is 0 Å². The number of piperidine rings is 2. The van der Waals surface area contributed by atoms with E-state index in [4.69, 9.17) is 4.74 Å². The summed E-state index contributed by atoms with van der Waals surface area (Å²) in [6.45, 7) is 7.19. The average molecular weight is 699 g/mol. The Balaban J connectivity index is 1.14. The molecular weight excluding hydrogens is 654 g/mol. The van der Waals surface area contributed by atoms with Crippen LogP contribution in [-0.2, 0) is 21.6 Å². The van der Waals surface area contributed by atoms with Crippen LogP contribution in [-0.4, -0.2) is 91.1 Å². The van der Waals surface area contributed by atoms with Crippen molar-refractivity contribution in [2.75, 3.05) is 54.4 Å². The number of hydrogen-bond acceptors (Lipinski definition) is 8. The number of carbonyl (C=O) groups is 2. The van der Waals surface area contributed by atoms with Crippen LogP contribution < -0.4 is 15.1 Å². The van der Waals surface area contributed by atoms with Gasteiger partial charge in [0, 0.05) is 70.2 Å². The smallest absolute Gasteiger partial charge is 0.410 e. The lowest BCUT2D eigenvalue weighted by Gasteiger charge is -2.39. The number of rotatable bonds is 6. The van der Waals surface area contributed by atoms with Crippen molar-refractivity contribution in [2.24, 2.45) is 12.5 Å². The summed E-state index contributed by atoms with van der Waals surface area (Å²) in [5.41, 5.74) is 1.95. The van der Waals surface area contributed by atoms with Gasteiger partial charge >= 0.3 is 6.09 Å². The van der Waals surface area contributed by atoms with Crippen LogP contribution in [0.25, 0.3) is 10.9 Å². The van der Waals surface area contributed by atoms with E-state index in [2.05, 4.69) is 15.3 Å². The maximum atomic E-state index is 14.0. The maximum absolute atomic E-state index is 14.0. The zero-order valence-electron chi connectivity index (χ0n) is 28.5. The standard InChI is InChI=1S/C35H44F2N6O5S/c1-33(2,3)48-32(45)43-21-25(22-43)49(46,47)24-6-7-26(29(20-24)41-15-11-34(9-10-34)12-16-41)31(44)38-23-5-8-28-27(19-23)30(39-40(28)4)42-17-13-35(36,37)14-18-42/h5-8,19-20,25H,9-18,21-22H2,1-4H3,(H,38,44). The molecule has 3 saturated heterocycles. The molecule has 1 N–H and O–H groups in total. The number of ether oxygens (including phenoxy) is 1. The molecule has 49 heavy (non-hydrogen) atoms. The summed E-state index contributed by atoms with van der Waals surface area (Å²) in [4.78, 5) is 31.9. The SMILES string of the molecule is Cn1nc(N2CCC(F)(F)CC2)c2cc(NC(=O)c3ccc(S(=O)(=O)C4CN(C(=O)OC(C)(C)C)C4)cc3N3CCC4(CC3)CC4)ccc21. The van der Waals surface area contributed by atoms with Crippen LogP contribution in [0.3, 0.4) is 0 Å². The molecule has 4 aliphatic rings. The molecule has 7 rings (SSSR count). The number of anilines is 3. The van der Waals surface area contributed by atoms with Gasteiger partial charge in [0.15, 0.2) is 15.7 Å². The van der Waals surface area contributed by atoms with Crippen LogP contribution in [0.2, 0.25) is 0 Å². The van der Waals surface area contributed by atoms with Gasteiger partial charge in [-0.05, 0) is 88.3 Å². The molecule has 11 nitrogen and oxygen atoms in total. The van der Waals surface area contributed by atoms with E-state index in [1.165, 1.54) is 23.8 Å². The van der Waals surface area contributed by atoms with E-state index in [0.29, 0.717) is 28.2 Å². The minimum absolute atomic E-state index is 0.0414. The van der Waals surface area contributed by atoms with E-state index < -0.39 is 32.7 Å². The summed E-state index contributed by atoms with van der Waals surface area (Å²) in [6, 6.07) is 10.1. The Bertz CT molecular complexity index is 1890. The Labute approximate surface area is 285 Å². The number of aryl methyl sites for hydroxylation is 1. The predicted molar refractivity (Wildman–Crippen MR) is 183 cm³/mol. The fourth-order valence-corrected chi connectivity index (χ4v) is 8.82. The molecule has 4 heterocycles. The van der Waals surface area contributed by atoms with Gasteiger partial charge in [0.2, 0.25) is 0 Å². The molecule has 2 aromatic carbocycles. The summed E-state index contributed by atoms with van der Waals surface area (Å²) in [7, 11) is -2.00. The Morgan fingerprint density at radius 3 is 2.20 bits per heavy atom. The number of aromatic nitrogens is 2. The summed E-state index contributed by atoms with van der Waals surface area (Å²) in [5, 5.41) is 7.60. The molecule has 4 fully saturated rings. The van der Waals surface area contributed by atoms with Crippen LogP contribution in [0.1, 0.15) is 69.7 Å². The number of fused-ring (bicyclic) bond motifs is 1. The summed E-state index contributed by atoms with van der Waals surface area (Å²) >= 11 is 0. The molecule has 0 bridgehead atoms. The third-order valence-corrected chi connectivity index (χ3v) is 12.6. The second-order valence-electron chi connectivity index (χ2n) is 15.2. The van der Waals surface area contributed by atoms with Gasteiger partial charge < -0.3 is 24.8 Å². The van der Waals surface area contributed by atoms with Gasteiger partial charge in [0.25, 0.3) is 11.8 Å². The van der Waals surface area contributed by atoms with Crippen molar-refractivity contribution in [2.45, 2.75) is 81.0 Å². The molecule has 3 aliphatic heterocycles. The second kappa shape index (κ2) is 11.8. The van der Waals surface area contributed by atoms with Crippen LogP contribution in [0.15, 0.2) is 41.3 Å². The highest BCUT2D eigenvalue weighted by atomic mass is 32.2. The van der Waals surface area contributed by atoms with Gasteiger partial charge in [-0.1, -0.05) is 0 Å². The molecular formula is C35H44F2N6O5S. The quantitative estimate of drug-likeness (QED) is 0.342. The zero-order valence-corrected chi connectivity index (χ0v) is 29.3. The Kier molecular flexibility index (Phi) is 8.11. The van der Waals surface area contributed by atoms with Gasteiger partial charge in [-0.3, -0.25) is 9.48 Å². The molecule has 2 amide bonds. The number of hydrogen-bond donors (Lipinski definition) is 1. The fourth-order valence-electron chi connectivity index (χ4n) is 7.15. The van der Waals surface area contributed by atoms with Crippen LogP contribution >= 0.6 is 0 Å². The minimum Gasteiger partial charge on any atom is -0.444 e. The van der Waals surface area contributed by atoms with Crippen molar-refractivity contribution in [3.05, 3.63) is 42.0 Å². The molecule has 1 aliphatic carbocycles. The van der Waals surface area contributed by atoms with E-state index in [9.17, 15) is 26.8 Å². The third-order valence-electron chi connectivity index (χ3n) is 10.5. The summed E-state index contributed by atoms with van der Waals surface area (Å²) in [6.07, 6.45) is 3.37. The monoisotopic (exact) mass is 698 g/mol. The van der Waals surface area contributed by atoms with E-state index in [-0.39, 0.29) is 49.8 Å². The molecule has 1 aromatic heterocycles. The first-order valence-corrected chi connectivity index (χ1v) is 18.6. The van der Waals surface area contributed by atoms with Crippen molar-refractivity contribution in [3.8, 4) is 0 Å². The van der Waals surface area contributed by atoms with Gasteiger partial charge in [-0.25, -0.2) is 22.0 Å². The van der Waals surface area contributed by atoms with Gasteiger partial charge in [0.05, 0.1) is 21.7 Å². The average Bonchev–Trinajstić information content (AvgIpc) is 3.68. The first-order chi connectivity index (χ1) is 23.0. The van der Waals surface area contributed by atoms with E-state index in [1.54, 1.807) is 50.7 Å². The lowest BCUT2D eigenvalue weighted by Crippen LogP contribution is -2.57. The topological polar surface area (TPSA) is 117 Å². The number of carbonyl (C=O) groups excluding carboxylic acids is 2. The van der Waals surface area contributed by atoms with Gasteiger partial charge in [-0.2, -0.15) is 5.10 Å². The van der Waals surface area contributed by atoms with Crippen molar-refractivity contribution in [1.29, 1.82) is 0 Å². The van der Waals surface area contributed by atoms with Crippen molar-refractivity contribution in [3.63, 3.8) is 0 Å². The summed E-state index contributed by atoms with van der Waals surface area (Å²) in [5.74, 6) is -2.46. The zero-order chi connectivity index (χ0) is 34.9. The van der Waals surface area contributed by atoms with Crippen molar-refractivity contribution >= 4 is 49.9 Å². The highest BCUT2D eigenvalue weighted by Gasteiger charge is 2.46. The molecule has 3 aromatic rings. The largest absolute Gasteiger partial charge is 0.444 e. The predicted octanol–water partition coefficient (Wildman–Crippen LogP) is 5.83. The fraction of sp³-hybridized carbons (Fsp3) is 0.571. The number of nitrogens with zero attached hydrogens (tertiary/aromatic N) is 5. The maximum Gasteiger partial charge on any atom is 0.410 e. The summed E-state index contributed by atoms with van der Waals surface area (Å²) < 4.78 is 62.4. The first kappa shape index (κ1) is 33.6. The Morgan fingerprint density at radius 1 is 0.918 bits per heavy atom. The highest BCUT2D eigenvalue weighted by Crippen LogP contribution is 2.54. The third kappa shape index (κ3) is 6.68. The molecule has 1 saturated carbocycles. The number of amides is 2. The number of benzene rings is 2. The first-order valence-electron chi connectivity index (χ1n) is 17.0. The van der Waals surface area contributed by atoms with Crippen LogP contribution in [0, 0.1) is 5.41 Å². The van der Waals surface area contributed by atoms with Gasteiger partial charge in [0.1, 0.15) is 10.9 Å². The van der Waals surface area contributed by atoms with E-state index in [0.717, 1.165) is 36.8 Å². The number of alkyl halides is 2. The lowest BCUT2D eigenvalue weighted by molar-refractivity contribution is -0.0221. The van der Waals surface area contributed by atoms with Crippen LogP contribution in [0.4, 0.5) is 30.8 Å². The lowest BCUT2D eigenvalue weighted by atomic mass is 9.93.